The van der Waals surface area contributed by atoms with Gasteiger partial charge >= 0.3 is 6.03 Å². The molecule has 43 heavy (non-hydrogen) atoms. The summed E-state index contributed by atoms with van der Waals surface area (Å²) in [5.41, 5.74) is 8.59. The summed E-state index contributed by atoms with van der Waals surface area (Å²) in [5.74, 6) is 0. The van der Waals surface area contributed by atoms with E-state index < -0.39 is 10.0 Å². The van der Waals surface area contributed by atoms with E-state index in [4.69, 9.17) is 0 Å². The predicted molar refractivity (Wildman–Crippen MR) is 173 cm³/mol. The molecule has 2 aliphatic rings. The molecule has 222 valence electrons. The Kier molecular flexibility index (Phi) is 8.05. The predicted octanol–water partition coefficient (Wildman–Crippen LogP) is 5.88. The Bertz CT molecular complexity index is 1820. The Balaban J connectivity index is 1.10. The molecule has 1 saturated heterocycles. The molecule has 0 atom stereocenters. The molecule has 9 nitrogen and oxygen atoms in total. The fourth-order valence-electron chi connectivity index (χ4n) is 5.66. The number of sulfonamides is 1. The summed E-state index contributed by atoms with van der Waals surface area (Å²) in [6.45, 7) is 6.31. The van der Waals surface area contributed by atoms with Crippen molar-refractivity contribution in [1.82, 2.24) is 19.4 Å². The SMILES string of the molecule is CC1=CCCC=C1CN1CCN(C(=O)Nc2ccc(-c3ccc4ncn(-c5cccc(NS(C)(=O)=O)c5)c4c3)cc2)CC1. The highest BCUT2D eigenvalue weighted by molar-refractivity contribution is 7.92. The highest BCUT2D eigenvalue weighted by Gasteiger charge is 2.22. The Labute approximate surface area is 252 Å². The van der Waals surface area contributed by atoms with Gasteiger partial charge in [-0.3, -0.25) is 14.2 Å². The minimum Gasteiger partial charge on any atom is -0.322 e. The van der Waals surface area contributed by atoms with E-state index in [-0.39, 0.29) is 6.03 Å². The third kappa shape index (κ3) is 6.81. The lowest BCUT2D eigenvalue weighted by Gasteiger charge is -2.35. The molecule has 1 fully saturated rings. The average Bonchev–Trinajstić information content (AvgIpc) is 3.42. The third-order valence-electron chi connectivity index (χ3n) is 8.01. The van der Waals surface area contributed by atoms with Crippen molar-refractivity contribution in [3.05, 3.63) is 96.4 Å². The number of allylic oxidation sites excluding steroid dienone is 2. The van der Waals surface area contributed by atoms with Crippen molar-refractivity contribution in [2.24, 2.45) is 0 Å². The minimum atomic E-state index is -3.38. The molecular formula is C33H36N6O3S. The largest absolute Gasteiger partial charge is 0.322 e. The van der Waals surface area contributed by atoms with Crippen LogP contribution in [0, 0.1) is 0 Å². The average molecular weight is 597 g/mol. The van der Waals surface area contributed by atoms with E-state index in [1.54, 1.807) is 24.5 Å². The van der Waals surface area contributed by atoms with Crippen LogP contribution in [-0.2, 0) is 10.0 Å². The van der Waals surface area contributed by atoms with E-state index in [0.717, 1.165) is 72.3 Å². The van der Waals surface area contributed by atoms with Crippen molar-refractivity contribution in [3.63, 3.8) is 0 Å². The van der Waals surface area contributed by atoms with Gasteiger partial charge in [-0.2, -0.15) is 0 Å². The first kappa shape index (κ1) is 28.7. The fraction of sp³-hybridized carbons (Fsp3) is 0.273. The molecule has 10 heteroatoms. The molecule has 6 rings (SSSR count). The maximum absolute atomic E-state index is 13.0. The number of rotatable bonds is 7. The summed E-state index contributed by atoms with van der Waals surface area (Å²) in [7, 11) is -3.38. The molecule has 1 aliphatic carbocycles. The van der Waals surface area contributed by atoms with Gasteiger partial charge in [-0.1, -0.05) is 42.0 Å². The van der Waals surface area contributed by atoms with Crippen LogP contribution in [0.3, 0.4) is 0 Å². The van der Waals surface area contributed by atoms with Crippen LogP contribution in [0.15, 0.2) is 96.4 Å². The van der Waals surface area contributed by atoms with Crippen molar-refractivity contribution >= 4 is 38.5 Å². The molecule has 0 saturated carbocycles. The van der Waals surface area contributed by atoms with Crippen LogP contribution in [0.5, 0.6) is 0 Å². The van der Waals surface area contributed by atoms with Crippen molar-refractivity contribution in [2.45, 2.75) is 19.8 Å². The van der Waals surface area contributed by atoms with E-state index >= 15 is 0 Å². The maximum atomic E-state index is 13.0. The molecular weight excluding hydrogens is 560 g/mol. The molecule has 1 aromatic heterocycles. The number of urea groups is 1. The normalized spacial score (nSPS) is 16.1. The minimum absolute atomic E-state index is 0.0710. The number of amides is 2. The Morgan fingerprint density at radius 1 is 0.884 bits per heavy atom. The highest BCUT2D eigenvalue weighted by atomic mass is 32.2. The standard InChI is InChI=1S/C33H36N6O3S/c1-24-6-3-4-7-27(24)22-37-16-18-38(19-17-37)33(40)35-28-13-10-25(11-14-28)26-12-15-31-32(20-26)39(23-34-31)30-9-5-8-29(21-30)36-43(2,41)42/h5-15,20-21,23,36H,3-4,16-19,22H2,1-2H3,(H,35,40). The zero-order chi connectivity index (χ0) is 30.0. The second-order valence-corrected chi connectivity index (χ2v) is 13.0. The Morgan fingerprint density at radius 3 is 2.37 bits per heavy atom. The van der Waals surface area contributed by atoms with Crippen LogP contribution in [0.4, 0.5) is 16.2 Å². The van der Waals surface area contributed by atoms with Gasteiger partial charge in [-0.25, -0.2) is 18.2 Å². The molecule has 2 amide bonds. The summed E-state index contributed by atoms with van der Waals surface area (Å²) in [6, 6.07) is 21.0. The summed E-state index contributed by atoms with van der Waals surface area (Å²) in [6.07, 6.45) is 9.79. The van der Waals surface area contributed by atoms with Crippen LogP contribution < -0.4 is 10.0 Å². The van der Waals surface area contributed by atoms with Gasteiger partial charge in [0.1, 0.15) is 6.33 Å². The number of imidazole rings is 1. The summed E-state index contributed by atoms with van der Waals surface area (Å²) >= 11 is 0. The van der Waals surface area contributed by atoms with E-state index in [2.05, 4.69) is 45.1 Å². The number of carbonyl (C=O) groups is 1. The van der Waals surface area contributed by atoms with Crippen LogP contribution in [-0.4, -0.2) is 72.8 Å². The Morgan fingerprint density at radius 2 is 1.63 bits per heavy atom. The van der Waals surface area contributed by atoms with E-state index in [1.165, 1.54) is 11.1 Å². The molecule has 3 aromatic carbocycles. The number of benzene rings is 3. The summed E-state index contributed by atoms with van der Waals surface area (Å²) < 4.78 is 27.9. The number of nitrogens with one attached hydrogen (secondary N) is 2. The topological polar surface area (TPSA) is 99.6 Å². The van der Waals surface area contributed by atoms with Gasteiger partial charge in [-0.05, 0) is 78.9 Å². The van der Waals surface area contributed by atoms with Gasteiger partial charge in [0.2, 0.25) is 10.0 Å². The maximum Gasteiger partial charge on any atom is 0.321 e. The van der Waals surface area contributed by atoms with Gasteiger partial charge in [0.05, 0.1) is 23.0 Å². The van der Waals surface area contributed by atoms with Gasteiger partial charge in [0.25, 0.3) is 0 Å². The molecule has 1 aliphatic heterocycles. The molecule has 0 unspecified atom stereocenters. The number of anilines is 2. The second-order valence-electron chi connectivity index (χ2n) is 11.2. The van der Waals surface area contributed by atoms with Gasteiger partial charge in [0, 0.05) is 44.1 Å². The van der Waals surface area contributed by atoms with Crippen molar-refractivity contribution in [1.29, 1.82) is 0 Å². The van der Waals surface area contributed by atoms with Crippen LogP contribution in [0.1, 0.15) is 19.8 Å². The first-order chi connectivity index (χ1) is 20.7. The highest BCUT2D eigenvalue weighted by Crippen LogP contribution is 2.28. The van der Waals surface area contributed by atoms with Gasteiger partial charge in [0.15, 0.2) is 0 Å². The number of hydrogen-bond acceptors (Lipinski definition) is 5. The number of nitrogens with zero attached hydrogens (tertiary/aromatic N) is 4. The molecule has 0 bridgehead atoms. The van der Waals surface area contributed by atoms with Crippen LogP contribution >= 0.6 is 0 Å². The summed E-state index contributed by atoms with van der Waals surface area (Å²) in [5, 5.41) is 3.06. The van der Waals surface area contributed by atoms with Gasteiger partial charge in [-0.15, -0.1) is 0 Å². The first-order valence-corrected chi connectivity index (χ1v) is 16.4. The lowest BCUT2D eigenvalue weighted by molar-refractivity contribution is 0.154. The van der Waals surface area contributed by atoms with E-state index in [1.807, 2.05) is 51.9 Å². The van der Waals surface area contributed by atoms with Crippen molar-refractivity contribution in [2.75, 3.05) is 49.0 Å². The third-order valence-corrected chi connectivity index (χ3v) is 8.62. The monoisotopic (exact) mass is 596 g/mol. The smallest absolute Gasteiger partial charge is 0.321 e. The number of piperazine rings is 1. The Hall–Kier alpha value is -4.41. The molecule has 0 spiro atoms. The second kappa shape index (κ2) is 12.1. The molecule has 4 aromatic rings. The molecule has 0 radical (unpaired) electrons. The lowest BCUT2D eigenvalue weighted by Crippen LogP contribution is -2.50. The van der Waals surface area contributed by atoms with Crippen molar-refractivity contribution in [3.8, 4) is 16.8 Å². The quantitative estimate of drug-likeness (QED) is 0.278. The fourth-order valence-corrected chi connectivity index (χ4v) is 6.22. The molecule has 2 heterocycles. The number of carbonyl (C=O) groups excluding carboxylic acids is 1. The molecule has 2 N–H and O–H groups in total. The number of hydrogen-bond donors (Lipinski definition) is 2. The lowest BCUT2D eigenvalue weighted by atomic mass is 9.98. The number of fused-ring (bicyclic) bond motifs is 1. The van der Waals surface area contributed by atoms with E-state index in [9.17, 15) is 13.2 Å². The zero-order valence-electron chi connectivity index (χ0n) is 24.5. The van der Waals surface area contributed by atoms with Crippen LogP contribution in [0.2, 0.25) is 0 Å². The van der Waals surface area contributed by atoms with Crippen LogP contribution in [0.25, 0.3) is 27.8 Å². The van der Waals surface area contributed by atoms with Crippen molar-refractivity contribution < 1.29 is 13.2 Å². The number of aromatic nitrogens is 2. The van der Waals surface area contributed by atoms with E-state index in [0.29, 0.717) is 18.8 Å². The zero-order valence-corrected chi connectivity index (χ0v) is 25.3. The van der Waals surface area contributed by atoms with Gasteiger partial charge < -0.3 is 10.2 Å². The first-order valence-electron chi connectivity index (χ1n) is 14.5. The summed E-state index contributed by atoms with van der Waals surface area (Å²) in [4.78, 5) is 21.8.